The first-order valence-corrected chi connectivity index (χ1v) is 8.18. The number of ether oxygens (including phenoxy) is 1. The molecule has 122 valence electrons. The molecule has 6 nitrogen and oxygen atoms in total. The van der Waals surface area contributed by atoms with E-state index in [9.17, 15) is 0 Å². The SMILES string of the molecule is COc1ccccc1CNC(=N)Nc1nnc(-c2ccccc2)s1. The molecule has 0 aliphatic carbocycles. The lowest BCUT2D eigenvalue weighted by atomic mass is 10.2. The minimum atomic E-state index is 0.164. The minimum absolute atomic E-state index is 0.164. The van der Waals surface area contributed by atoms with Crippen LogP contribution in [0, 0.1) is 5.41 Å². The number of aromatic nitrogens is 2. The van der Waals surface area contributed by atoms with Gasteiger partial charge in [0.05, 0.1) is 7.11 Å². The summed E-state index contributed by atoms with van der Waals surface area (Å²) in [4.78, 5) is 0. The number of anilines is 1. The summed E-state index contributed by atoms with van der Waals surface area (Å²) in [6, 6.07) is 17.5. The van der Waals surface area contributed by atoms with Gasteiger partial charge in [-0.2, -0.15) is 0 Å². The molecule has 0 aliphatic heterocycles. The van der Waals surface area contributed by atoms with E-state index in [4.69, 9.17) is 10.1 Å². The summed E-state index contributed by atoms with van der Waals surface area (Å²) < 4.78 is 5.30. The summed E-state index contributed by atoms with van der Waals surface area (Å²) in [6.07, 6.45) is 0. The maximum absolute atomic E-state index is 7.99. The van der Waals surface area contributed by atoms with Crippen LogP contribution in [0.1, 0.15) is 5.56 Å². The van der Waals surface area contributed by atoms with Crippen molar-refractivity contribution in [3.63, 3.8) is 0 Å². The zero-order valence-corrected chi connectivity index (χ0v) is 13.9. The van der Waals surface area contributed by atoms with Crippen LogP contribution < -0.4 is 15.4 Å². The van der Waals surface area contributed by atoms with E-state index in [-0.39, 0.29) is 5.96 Å². The van der Waals surface area contributed by atoms with Gasteiger partial charge in [0.25, 0.3) is 0 Å². The van der Waals surface area contributed by atoms with Crippen LogP contribution in [0.2, 0.25) is 0 Å². The molecule has 0 radical (unpaired) electrons. The van der Waals surface area contributed by atoms with Gasteiger partial charge in [0.2, 0.25) is 5.13 Å². The first kappa shape index (κ1) is 15.9. The van der Waals surface area contributed by atoms with Gasteiger partial charge >= 0.3 is 0 Å². The Morgan fingerprint density at radius 1 is 1.08 bits per heavy atom. The van der Waals surface area contributed by atoms with Gasteiger partial charge in [-0.25, -0.2) is 0 Å². The average Bonchev–Trinajstić information content (AvgIpc) is 3.09. The fraction of sp³-hybridized carbons (Fsp3) is 0.118. The third-order valence-corrected chi connectivity index (χ3v) is 4.21. The van der Waals surface area contributed by atoms with E-state index in [1.165, 1.54) is 11.3 Å². The van der Waals surface area contributed by atoms with Gasteiger partial charge in [-0.15, -0.1) is 10.2 Å². The van der Waals surface area contributed by atoms with E-state index in [0.29, 0.717) is 11.7 Å². The van der Waals surface area contributed by atoms with Gasteiger partial charge in [-0.1, -0.05) is 59.9 Å². The van der Waals surface area contributed by atoms with E-state index >= 15 is 0 Å². The molecule has 3 rings (SSSR count). The van der Waals surface area contributed by atoms with Crippen LogP contribution in [-0.2, 0) is 6.54 Å². The highest BCUT2D eigenvalue weighted by molar-refractivity contribution is 7.18. The lowest BCUT2D eigenvalue weighted by Gasteiger charge is -2.11. The first-order chi connectivity index (χ1) is 11.8. The molecule has 0 amide bonds. The highest BCUT2D eigenvalue weighted by atomic mass is 32.1. The monoisotopic (exact) mass is 339 g/mol. The van der Waals surface area contributed by atoms with Crippen molar-refractivity contribution in [1.29, 1.82) is 5.41 Å². The number of guanidine groups is 1. The number of hydrogen-bond donors (Lipinski definition) is 3. The normalized spacial score (nSPS) is 10.2. The Balaban J connectivity index is 1.58. The maximum atomic E-state index is 7.99. The molecular weight excluding hydrogens is 322 g/mol. The second-order valence-corrected chi connectivity index (χ2v) is 5.92. The van der Waals surface area contributed by atoms with Crippen molar-refractivity contribution in [2.45, 2.75) is 6.54 Å². The van der Waals surface area contributed by atoms with Gasteiger partial charge in [-0.3, -0.25) is 5.41 Å². The zero-order chi connectivity index (χ0) is 16.8. The molecule has 0 saturated heterocycles. The molecule has 0 unspecified atom stereocenters. The van der Waals surface area contributed by atoms with Crippen LogP contribution in [0.25, 0.3) is 10.6 Å². The zero-order valence-electron chi connectivity index (χ0n) is 13.1. The number of rotatable bonds is 5. The molecule has 24 heavy (non-hydrogen) atoms. The largest absolute Gasteiger partial charge is 0.496 e. The standard InChI is InChI=1S/C17H17N5OS/c1-23-14-10-6-5-9-13(14)11-19-16(18)20-17-22-21-15(24-17)12-7-3-2-4-8-12/h2-10H,11H2,1H3,(H3,18,19,20,22). The van der Waals surface area contributed by atoms with Gasteiger partial charge in [0.15, 0.2) is 5.96 Å². The van der Waals surface area contributed by atoms with Crippen molar-refractivity contribution >= 4 is 22.4 Å². The van der Waals surface area contributed by atoms with Crippen LogP contribution in [0.5, 0.6) is 5.75 Å². The fourth-order valence-corrected chi connectivity index (χ4v) is 2.91. The average molecular weight is 339 g/mol. The molecule has 0 fully saturated rings. The quantitative estimate of drug-likeness (QED) is 0.490. The Hall–Kier alpha value is -2.93. The summed E-state index contributed by atoms with van der Waals surface area (Å²) in [6.45, 7) is 0.486. The third-order valence-electron chi connectivity index (χ3n) is 3.33. The second kappa shape index (κ2) is 7.56. The van der Waals surface area contributed by atoms with Gasteiger partial charge < -0.3 is 15.4 Å². The van der Waals surface area contributed by atoms with E-state index in [1.54, 1.807) is 7.11 Å². The topological polar surface area (TPSA) is 82.9 Å². The van der Waals surface area contributed by atoms with Crippen molar-refractivity contribution in [2.75, 3.05) is 12.4 Å². The van der Waals surface area contributed by atoms with Gasteiger partial charge in [-0.05, 0) is 6.07 Å². The van der Waals surface area contributed by atoms with Crippen LogP contribution in [0.4, 0.5) is 5.13 Å². The van der Waals surface area contributed by atoms with Crippen molar-refractivity contribution < 1.29 is 4.74 Å². The molecule has 0 bridgehead atoms. The number of methoxy groups -OCH3 is 1. The van der Waals surface area contributed by atoms with Crippen molar-refractivity contribution in [3.8, 4) is 16.3 Å². The number of para-hydroxylation sites is 1. The highest BCUT2D eigenvalue weighted by Gasteiger charge is 2.08. The molecule has 7 heteroatoms. The molecule has 0 spiro atoms. The fourth-order valence-electron chi connectivity index (χ4n) is 2.15. The van der Waals surface area contributed by atoms with Crippen LogP contribution in [0.15, 0.2) is 54.6 Å². The molecule has 0 saturated carbocycles. The Bertz CT molecular complexity index is 819. The van der Waals surface area contributed by atoms with Crippen molar-refractivity contribution in [1.82, 2.24) is 15.5 Å². The van der Waals surface area contributed by atoms with Gasteiger partial charge in [0.1, 0.15) is 10.8 Å². The predicted molar refractivity (Wildman–Crippen MR) is 96.5 cm³/mol. The number of nitrogens with one attached hydrogen (secondary N) is 3. The second-order valence-electron chi connectivity index (χ2n) is 4.94. The van der Waals surface area contributed by atoms with Crippen molar-refractivity contribution in [3.05, 3.63) is 60.2 Å². The Kier molecular flexibility index (Phi) is 5.02. The Labute approximate surface area is 144 Å². The van der Waals surface area contributed by atoms with E-state index in [1.807, 2.05) is 54.6 Å². The molecule has 3 aromatic rings. The summed E-state index contributed by atoms with van der Waals surface area (Å²) >= 11 is 1.40. The lowest BCUT2D eigenvalue weighted by Crippen LogP contribution is -2.29. The van der Waals surface area contributed by atoms with Crippen molar-refractivity contribution in [2.24, 2.45) is 0 Å². The molecule has 1 aromatic heterocycles. The predicted octanol–water partition coefficient (Wildman–Crippen LogP) is 3.35. The summed E-state index contributed by atoms with van der Waals surface area (Å²) in [5, 5.41) is 23.5. The number of hydrogen-bond acceptors (Lipinski definition) is 5. The molecular formula is C17H17N5OS. The summed E-state index contributed by atoms with van der Waals surface area (Å²) in [5.74, 6) is 0.955. The Morgan fingerprint density at radius 3 is 2.62 bits per heavy atom. The minimum Gasteiger partial charge on any atom is -0.496 e. The van der Waals surface area contributed by atoms with E-state index < -0.39 is 0 Å². The number of nitrogens with zero attached hydrogens (tertiary/aromatic N) is 2. The van der Waals surface area contributed by atoms with Crippen LogP contribution >= 0.6 is 11.3 Å². The third kappa shape index (κ3) is 3.88. The van der Waals surface area contributed by atoms with E-state index in [0.717, 1.165) is 21.9 Å². The molecule has 0 aliphatic rings. The molecule has 0 atom stereocenters. The summed E-state index contributed by atoms with van der Waals surface area (Å²) in [5.41, 5.74) is 1.99. The Morgan fingerprint density at radius 2 is 1.83 bits per heavy atom. The van der Waals surface area contributed by atoms with Crippen LogP contribution in [-0.4, -0.2) is 23.3 Å². The number of benzene rings is 2. The summed E-state index contributed by atoms with van der Waals surface area (Å²) in [7, 11) is 1.63. The lowest BCUT2D eigenvalue weighted by molar-refractivity contribution is 0.409. The highest BCUT2D eigenvalue weighted by Crippen LogP contribution is 2.25. The molecule has 3 N–H and O–H groups in total. The maximum Gasteiger partial charge on any atom is 0.212 e. The van der Waals surface area contributed by atoms with E-state index in [2.05, 4.69) is 20.8 Å². The smallest absolute Gasteiger partial charge is 0.212 e. The first-order valence-electron chi connectivity index (χ1n) is 7.36. The molecule has 2 aromatic carbocycles. The van der Waals surface area contributed by atoms with Crippen LogP contribution in [0.3, 0.4) is 0 Å². The molecule has 1 heterocycles. The van der Waals surface area contributed by atoms with Gasteiger partial charge in [0, 0.05) is 17.7 Å².